The van der Waals surface area contributed by atoms with Gasteiger partial charge in [-0.25, -0.2) is 0 Å². The Morgan fingerprint density at radius 3 is 2.47 bits per heavy atom. The van der Waals surface area contributed by atoms with E-state index in [1.807, 2.05) is 36.4 Å². The Labute approximate surface area is 172 Å². The van der Waals surface area contributed by atoms with Crippen molar-refractivity contribution in [3.63, 3.8) is 0 Å². The lowest BCUT2D eigenvalue weighted by atomic mass is 9.98. The highest BCUT2D eigenvalue weighted by molar-refractivity contribution is 5.99. The summed E-state index contributed by atoms with van der Waals surface area (Å²) in [5.74, 6) is -0.140. The van der Waals surface area contributed by atoms with Gasteiger partial charge in [0, 0.05) is 6.54 Å². The Balaban J connectivity index is 1.66. The van der Waals surface area contributed by atoms with Crippen molar-refractivity contribution in [3.05, 3.63) is 112 Å². The number of fused-ring (bicyclic) bond motifs is 2. The van der Waals surface area contributed by atoms with Crippen molar-refractivity contribution >= 4 is 16.9 Å². The summed E-state index contributed by atoms with van der Waals surface area (Å²) in [4.78, 5) is 28.3. The summed E-state index contributed by atoms with van der Waals surface area (Å²) in [6.07, 6.45) is 0.642. The van der Waals surface area contributed by atoms with E-state index in [9.17, 15) is 14.7 Å². The number of rotatable bonds is 4. The average Bonchev–Trinajstić information content (AvgIpc) is 3.05. The number of benzene rings is 3. The van der Waals surface area contributed by atoms with E-state index >= 15 is 0 Å². The summed E-state index contributed by atoms with van der Waals surface area (Å²) < 4.78 is 5.91. The maximum Gasteiger partial charge on any atom is 0.290 e. The minimum atomic E-state index is -0.607. The number of aromatic hydroxyl groups is 1. The van der Waals surface area contributed by atoms with Gasteiger partial charge in [-0.3, -0.25) is 9.59 Å². The number of para-hydroxylation sites is 1. The number of hydrogen-bond donors (Lipinski definition) is 1. The van der Waals surface area contributed by atoms with Crippen molar-refractivity contribution in [1.82, 2.24) is 4.90 Å². The Kier molecular flexibility index (Phi) is 4.36. The molecule has 30 heavy (non-hydrogen) atoms. The van der Waals surface area contributed by atoms with E-state index in [0.717, 1.165) is 5.56 Å². The fraction of sp³-hybridized carbons (Fsp3) is 0.120. The standard InChI is InChI=1S/C25H19NO4/c27-18-10-6-9-17(15-18)22-21-23(28)19-11-4-5-12-20(19)30-24(21)25(29)26(22)14-13-16-7-2-1-3-8-16/h1-12,15,22,27H,13-14H2/t22-/m0/s1. The van der Waals surface area contributed by atoms with E-state index in [1.165, 1.54) is 0 Å². The second-order valence-corrected chi connectivity index (χ2v) is 7.40. The molecule has 4 aromatic rings. The van der Waals surface area contributed by atoms with Crippen molar-refractivity contribution in [2.24, 2.45) is 0 Å². The highest BCUT2D eigenvalue weighted by Gasteiger charge is 2.42. The van der Waals surface area contributed by atoms with E-state index in [0.29, 0.717) is 35.1 Å². The normalized spacial score (nSPS) is 15.5. The van der Waals surface area contributed by atoms with Gasteiger partial charge in [0.2, 0.25) is 5.76 Å². The lowest BCUT2D eigenvalue weighted by Crippen LogP contribution is -2.31. The molecule has 0 radical (unpaired) electrons. The second-order valence-electron chi connectivity index (χ2n) is 7.40. The number of carbonyl (C=O) groups excluding carboxylic acids is 1. The van der Waals surface area contributed by atoms with Crippen LogP contribution in [-0.4, -0.2) is 22.5 Å². The Morgan fingerprint density at radius 2 is 1.67 bits per heavy atom. The SMILES string of the molecule is O=C1c2oc3ccccc3c(=O)c2[C@H](c2cccc(O)c2)N1CCc1ccccc1. The third-order valence-corrected chi connectivity index (χ3v) is 5.54. The fourth-order valence-corrected chi connectivity index (χ4v) is 4.13. The maximum absolute atomic E-state index is 13.4. The van der Waals surface area contributed by atoms with Gasteiger partial charge in [-0.05, 0) is 41.8 Å². The Morgan fingerprint density at radius 1 is 0.900 bits per heavy atom. The van der Waals surface area contributed by atoms with Gasteiger partial charge in [0.15, 0.2) is 5.43 Å². The van der Waals surface area contributed by atoms with Crippen LogP contribution in [-0.2, 0) is 6.42 Å². The Bertz CT molecular complexity index is 1310. The van der Waals surface area contributed by atoms with Crippen LogP contribution in [0.15, 0.2) is 88.1 Å². The molecular formula is C25H19NO4. The van der Waals surface area contributed by atoms with Crippen LogP contribution in [0.4, 0.5) is 0 Å². The molecule has 0 aliphatic carbocycles. The maximum atomic E-state index is 13.4. The molecule has 1 aromatic heterocycles. The number of amides is 1. The van der Waals surface area contributed by atoms with E-state index in [1.54, 1.807) is 47.4 Å². The van der Waals surface area contributed by atoms with Crippen molar-refractivity contribution in [1.29, 1.82) is 0 Å². The molecule has 1 aliphatic heterocycles. The molecule has 3 aromatic carbocycles. The summed E-state index contributed by atoms with van der Waals surface area (Å²) in [5, 5.41) is 10.5. The van der Waals surface area contributed by atoms with Gasteiger partial charge in [0.1, 0.15) is 11.3 Å². The first-order valence-corrected chi connectivity index (χ1v) is 9.83. The van der Waals surface area contributed by atoms with Crippen LogP contribution in [0.3, 0.4) is 0 Å². The van der Waals surface area contributed by atoms with Gasteiger partial charge in [-0.2, -0.15) is 0 Å². The van der Waals surface area contributed by atoms with Gasteiger partial charge in [-0.1, -0.05) is 54.6 Å². The monoisotopic (exact) mass is 397 g/mol. The molecular weight excluding hydrogens is 378 g/mol. The molecule has 1 atom stereocenters. The average molecular weight is 397 g/mol. The van der Waals surface area contributed by atoms with Crippen LogP contribution in [0, 0.1) is 0 Å². The van der Waals surface area contributed by atoms with Crippen LogP contribution in [0.1, 0.15) is 33.3 Å². The van der Waals surface area contributed by atoms with Crippen molar-refractivity contribution < 1.29 is 14.3 Å². The minimum Gasteiger partial charge on any atom is -0.508 e. The van der Waals surface area contributed by atoms with Crippen LogP contribution in [0.2, 0.25) is 0 Å². The summed E-state index contributed by atoms with van der Waals surface area (Å²) in [5.41, 5.74) is 2.29. The molecule has 0 saturated carbocycles. The lowest BCUT2D eigenvalue weighted by Gasteiger charge is -2.25. The highest BCUT2D eigenvalue weighted by atomic mass is 16.3. The smallest absolute Gasteiger partial charge is 0.290 e. The van der Waals surface area contributed by atoms with Crippen molar-refractivity contribution in [3.8, 4) is 5.75 Å². The third kappa shape index (κ3) is 2.95. The van der Waals surface area contributed by atoms with Gasteiger partial charge in [0.25, 0.3) is 5.91 Å². The first-order chi connectivity index (χ1) is 14.6. The van der Waals surface area contributed by atoms with Crippen molar-refractivity contribution in [2.75, 3.05) is 6.54 Å². The number of phenolic OH excluding ortho intramolecular Hbond substituents is 1. The van der Waals surface area contributed by atoms with Crippen molar-refractivity contribution in [2.45, 2.75) is 12.5 Å². The van der Waals surface area contributed by atoms with Crippen LogP contribution >= 0.6 is 0 Å². The van der Waals surface area contributed by atoms with E-state index in [4.69, 9.17) is 4.42 Å². The first kappa shape index (κ1) is 18.2. The third-order valence-electron chi connectivity index (χ3n) is 5.54. The zero-order valence-electron chi connectivity index (χ0n) is 16.1. The molecule has 1 amide bonds. The molecule has 2 heterocycles. The van der Waals surface area contributed by atoms with Gasteiger partial charge in [-0.15, -0.1) is 0 Å². The van der Waals surface area contributed by atoms with Crippen LogP contribution in [0.25, 0.3) is 11.0 Å². The predicted molar refractivity (Wildman–Crippen MR) is 114 cm³/mol. The number of hydrogen-bond acceptors (Lipinski definition) is 4. The van der Waals surface area contributed by atoms with Gasteiger partial charge < -0.3 is 14.4 Å². The molecule has 0 saturated heterocycles. The fourth-order valence-electron chi connectivity index (χ4n) is 4.13. The minimum absolute atomic E-state index is 0.0834. The number of carbonyl (C=O) groups is 1. The molecule has 1 N–H and O–H groups in total. The largest absolute Gasteiger partial charge is 0.508 e. The summed E-state index contributed by atoms with van der Waals surface area (Å²) in [6, 6.07) is 22.9. The zero-order valence-corrected chi connectivity index (χ0v) is 16.1. The lowest BCUT2D eigenvalue weighted by molar-refractivity contribution is 0.0730. The summed E-state index contributed by atoms with van der Waals surface area (Å²) >= 11 is 0. The Hall–Kier alpha value is -3.86. The van der Waals surface area contributed by atoms with Crippen LogP contribution in [0.5, 0.6) is 5.75 Å². The molecule has 1 aliphatic rings. The van der Waals surface area contributed by atoms with Crippen LogP contribution < -0.4 is 5.43 Å². The number of nitrogens with zero attached hydrogens (tertiary/aromatic N) is 1. The van der Waals surface area contributed by atoms with E-state index < -0.39 is 6.04 Å². The molecule has 148 valence electrons. The molecule has 5 rings (SSSR count). The molecule has 0 bridgehead atoms. The quantitative estimate of drug-likeness (QED) is 0.558. The molecule has 5 nitrogen and oxygen atoms in total. The number of phenols is 1. The highest BCUT2D eigenvalue weighted by Crippen LogP contribution is 2.38. The zero-order chi connectivity index (χ0) is 20.7. The molecule has 0 spiro atoms. The second kappa shape index (κ2) is 7.19. The van der Waals surface area contributed by atoms with Gasteiger partial charge >= 0.3 is 0 Å². The van der Waals surface area contributed by atoms with E-state index in [2.05, 4.69) is 0 Å². The summed E-state index contributed by atoms with van der Waals surface area (Å²) in [7, 11) is 0. The molecule has 0 unspecified atom stereocenters. The molecule has 0 fully saturated rings. The first-order valence-electron chi connectivity index (χ1n) is 9.83. The molecule has 5 heteroatoms. The summed E-state index contributed by atoms with van der Waals surface area (Å²) in [6.45, 7) is 0.420. The van der Waals surface area contributed by atoms with Gasteiger partial charge in [0.05, 0.1) is 17.0 Å². The topological polar surface area (TPSA) is 70.8 Å². The van der Waals surface area contributed by atoms with E-state index in [-0.39, 0.29) is 22.8 Å². The predicted octanol–water partition coefficient (Wildman–Crippen LogP) is 4.29.